The van der Waals surface area contributed by atoms with Gasteiger partial charge in [0.2, 0.25) is 6.10 Å². The summed E-state index contributed by atoms with van der Waals surface area (Å²) in [5.74, 6) is 0.991. The van der Waals surface area contributed by atoms with Gasteiger partial charge in [-0.05, 0) is 23.6 Å². The van der Waals surface area contributed by atoms with Crippen LogP contribution >= 0.6 is 11.3 Å². The lowest BCUT2D eigenvalue weighted by molar-refractivity contribution is -0.130. The third-order valence-electron chi connectivity index (χ3n) is 3.76. The van der Waals surface area contributed by atoms with Crippen LogP contribution in [0.3, 0.4) is 0 Å². The highest BCUT2D eigenvalue weighted by Crippen LogP contribution is 2.31. The van der Waals surface area contributed by atoms with Crippen molar-refractivity contribution in [1.29, 1.82) is 0 Å². The van der Waals surface area contributed by atoms with Crippen LogP contribution < -0.4 is 14.8 Å². The Bertz CT molecular complexity index is 883. The van der Waals surface area contributed by atoms with Crippen LogP contribution in [0.5, 0.6) is 11.5 Å². The Labute approximate surface area is 148 Å². The van der Waals surface area contributed by atoms with E-state index < -0.39 is 6.10 Å². The quantitative estimate of drug-likeness (QED) is 0.781. The second-order valence-corrected chi connectivity index (χ2v) is 6.36. The van der Waals surface area contributed by atoms with Crippen molar-refractivity contribution in [2.45, 2.75) is 12.6 Å². The molecule has 1 atom stereocenters. The summed E-state index contributed by atoms with van der Waals surface area (Å²) >= 11 is 1.58. The molecule has 0 fully saturated rings. The van der Waals surface area contributed by atoms with Crippen molar-refractivity contribution >= 4 is 17.2 Å². The van der Waals surface area contributed by atoms with Gasteiger partial charge in [0.05, 0.1) is 17.1 Å². The minimum atomic E-state index is -0.684. The smallest absolute Gasteiger partial charge is 0.265 e. The molecule has 2 aromatic heterocycles. The molecule has 1 aliphatic rings. The molecule has 1 N–H and O–H groups in total. The van der Waals surface area contributed by atoms with E-state index in [1.54, 1.807) is 29.8 Å². The maximum Gasteiger partial charge on any atom is 0.265 e. The minimum Gasteiger partial charge on any atom is -0.485 e. The van der Waals surface area contributed by atoms with Crippen LogP contribution in [-0.4, -0.2) is 28.6 Å². The van der Waals surface area contributed by atoms with E-state index in [2.05, 4.69) is 15.3 Å². The van der Waals surface area contributed by atoms with Gasteiger partial charge in [0.1, 0.15) is 12.3 Å². The summed E-state index contributed by atoms with van der Waals surface area (Å²) in [6.07, 6.45) is 2.58. The highest BCUT2D eigenvalue weighted by Gasteiger charge is 2.27. The van der Waals surface area contributed by atoms with Crippen molar-refractivity contribution in [3.05, 3.63) is 59.9 Å². The number of hydrogen-bond donors (Lipinski definition) is 1. The fourth-order valence-electron chi connectivity index (χ4n) is 2.55. The normalized spacial score (nSPS) is 15.6. The van der Waals surface area contributed by atoms with Gasteiger partial charge in [-0.1, -0.05) is 18.2 Å². The summed E-state index contributed by atoms with van der Waals surface area (Å²) in [7, 11) is 0. The summed E-state index contributed by atoms with van der Waals surface area (Å²) in [5, 5.41) is 4.84. The summed E-state index contributed by atoms with van der Waals surface area (Å²) in [5.41, 5.74) is 1.50. The number of nitrogens with one attached hydrogen (secondary N) is 1. The third-order valence-corrected chi connectivity index (χ3v) is 4.64. The molecule has 1 aliphatic heterocycles. The Morgan fingerprint density at radius 3 is 2.84 bits per heavy atom. The van der Waals surface area contributed by atoms with Crippen LogP contribution in [-0.2, 0) is 11.3 Å². The molecule has 3 aromatic rings. The zero-order valence-electron chi connectivity index (χ0n) is 13.2. The molecule has 1 unspecified atom stereocenters. The number of amides is 1. The molecule has 1 aromatic carbocycles. The molecule has 0 spiro atoms. The highest BCUT2D eigenvalue weighted by atomic mass is 32.1. The van der Waals surface area contributed by atoms with Gasteiger partial charge in [-0.25, -0.2) is 0 Å². The van der Waals surface area contributed by atoms with Crippen molar-refractivity contribution < 1.29 is 14.3 Å². The van der Waals surface area contributed by atoms with E-state index in [1.807, 2.05) is 35.7 Å². The Kier molecular flexibility index (Phi) is 4.30. The molecular weight excluding hydrogens is 338 g/mol. The Morgan fingerprint density at radius 2 is 2.00 bits per heavy atom. The van der Waals surface area contributed by atoms with E-state index >= 15 is 0 Å². The van der Waals surface area contributed by atoms with Gasteiger partial charge < -0.3 is 14.8 Å². The van der Waals surface area contributed by atoms with Gasteiger partial charge in [-0.3, -0.25) is 14.8 Å². The number of hydrogen-bond acceptors (Lipinski definition) is 6. The summed E-state index contributed by atoms with van der Waals surface area (Å²) in [6, 6.07) is 11.2. The highest BCUT2D eigenvalue weighted by molar-refractivity contribution is 7.13. The first kappa shape index (κ1) is 15.6. The topological polar surface area (TPSA) is 73.3 Å². The molecule has 6 nitrogen and oxygen atoms in total. The number of nitrogens with zero attached hydrogens (tertiary/aromatic N) is 2. The number of ether oxygens (including phenoxy) is 2. The molecule has 0 bridgehead atoms. The number of para-hydroxylation sites is 2. The predicted octanol–water partition coefficient (Wildman–Crippen LogP) is 2.66. The van der Waals surface area contributed by atoms with Crippen LogP contribution in [0.1, 0.15) is 5.69 Å². The van der Waals surface area contributed by atoms with Crippen molar-refractivity contribution in [3.63, 3.8) is 0 Å². The number of thiophene rings is 1. The summed E-state index contributed by atoms with van der Waals surface area (Å²) < 4.78 is 11.3. The third kappa shape index (κ3) is 3.32. The molecule has 7 heteroatoms. The average molecular weight is 353 g/mol. The van der Waals surface area contributed by atoms with E-state index in [-0.39, 0.29) is 19.1 Å². The molecule has 25 heavy (non-hydrogen) atoms. The second kappa shape index (κ2) is 6.90. The van der Waals surface area contributed by atoms with Crippen LogP contribution in [0.25, 0.3) is 10.6 Å². The molecule has 1 amide bonds. The Morgan fingerprint density at radius 1 is 1.16 bits per heavy atom. The Hall–Kier alpha value is -2.93. The standard InChI is InChI=1S/C18H15N3O3S/c22-18(15-11-23-13-4-1-2-5-14(13)24-15)21-10-12-17(20-8-7-19-12)16-6-3-9-25-16/h1-9,15H,10-11H2,(H,21,22). The van der Waals surface area contributed by atoms with Crippen molar-refractivity contribution in [2.75, 3.05) is 6.61 Å². The number of benzene rings is 1. The molecule has 4 rings (SSSR count). The first-order valence-electron chi connectivity index (χ1n) is 7.81. The number of fused-ring (bicyclic) bond motifs is 1. The summed E-state index contributed by atoms with van der Waals surface area (Å²) in [6.45, 7) is 0.461. The minimum absolute atomic E-state index is 0.182. The molecule has 0 aliphatic carbocycles. The van der Waals surface area contributed by atoms with Crippen LogP contribution in [0.2, 0.25) is 0 Å². The fraction of sp³-hybridized carbons (Fsp3) is 0.167. The number of aromatic nitrogens is 2. The number of rotatable bonds is 4. The van der Waals surface area contributed by atoms with E-state index in [0.29, 0.717) is 11.5 Å². The molecule has 0 saturated carbocycles. The van der Waals surface area contributed by atoms with E-state index in [9.17, 15) is 4.79 Å². The molecule has 0 saturated heterocycles. The predicted molar refractivity (Wildman–Crippen MR) is 93.5 cm³/mol. The lowest BCUT2D eigenvalue weighted by Gasteiger charge is -2.25. The van der Waals surface area contributed by atoms with Gasteiger partial charge in [0, 0.05) is 12.4 Å². The van der Waals surface area contributed by atoms with Gasteiger partial charge in [0.25, 0.3) is 5.91 Å². The maximum absolute atomic E-state index is 12.4. The molecule has 126 valence electrons. The van der Waals surface area contributed by atoms with Gasteiger partial charge >= 0.3 is 0 Å². The molecule has 0 radical (unpaired) electrons. The van der Waals surface area contributed by atoms with E-state index in [4.69, 9.17) is 9.47 Å². The zero-order chi connectivity index (χ0) is 17.1. The van der Waals surface area contributed by atoms with E-state index in [1.165, 1.54) is 0 Å². The lowest BCUT2D eigenvalue weighted by atomic mass is 10.2. The fourth-order valence-corrected chi connectivity index (χ4v) is 3.29. The van der Waals surface area contributed by atoms with Crippen LogP contribution in [0.4, 0.5) is 0 Å². The van der Waals surface area contributed by atoms with Gasteiger partial charge in [0.15, 0.2) is 11.5 Å². The van der Waals surface area contributed by atoms with Gasteiger partial charge in [-0.2, -0.15) is 0 Å². The SMILES string of the molecule is O=C(NCc1nccnc1-c1cccs1)C1COc2ccccc2O1. The van der Waals surface area contributed by atoms with Crippen molar-refractivity contribution in [2.24, 2.45) is 0 Å². The van der Waals surface area contributed by atoms with Crippen molar-refractivity contribution in [1.82, 2.24) is 15.3 Å². The zero-order valence-corrected chi connectivity index (χ0v) is 14.0. The van der Waals surface area contributed by atoms with Crippen LogP contribution in [0.15, 0.2) is 54.2 Å². The average Bonchev–Trinajstić information content (AvgIpc) is 3.20. The first-order chi connectivity index (χ1) is 12.3. The van der Waals surface area contributed by atoms with Crippen LogP contribution in [0, 0.1) is 0 Å². The lowest BCUT2D eigenvalue weighted by Crippen LogP contribution is -2.43. The summed E-state index contributed by atoms with van der Waals surface area (Å²) in [4.78, 5) is 22.2. The monoisotopic (exact) mass is 353 g/mol. The number of carbonyl (C=O) groups is 1. The molecule has 3 heterocycles. The molecular formula is C18H15N3O3S. The largest absolute Gasteiger partial charge is 0.485 e. The number of carbonyl (C=O) groups excluding carboxylic acids is 1. The first-order valence-corrected chi connectivity index (χ1v) is 8.69. The van der Waals surface area contributed by atoms with E-state index in [0.717, 1.165) is 16.3 Å². The maximum atomic E-state index is 12.4. The van der Waals surface area contributed by atoms with Gasteiger partial charge in [-0.15, -0.1) is 11.3 Å². The Balaban J connectivity index is 1.44. The van der Waals surface area contributed by atoms with Crippen molar-refractivity contribution in [3.8, 4) is 22.1 Å². The second-order valence-electron chi connectivity index (χ2n) is 5.41.